The van der Waals surface area contributed by atoms with E-state index in [1.165, 1.54) is 19.4 Å². The zero-order valence-electron chi connectivity index (χ0n) is 12.1. The molecule has 6 heteroatoms. The Morgan fingerprint density at radius 3 is 2.60 bits per heavy atom. The third-order valence-electron chi connectivity index (χ3n) is 4.56. The summed E-state index contributed by atoms with van der Waals surface area (Å²) in [5, 5.41) is 3.27. The topological polar surface area (TPSA) is 44.8 Å². The average Bonchev–Trinajstić information content (AvgIpc) is 3.03. The van der Waals surface area contributed by atoms with Crippen LogP contribution in [-0.4, -0.2) is 79.3 Å². The van der Waals surface area contributed by atoms with Crippen molar-refractivity contribution in [3.8, 4) is 0 Å². The highest BCUT2D eigenvalue weighted by Gasteiger charge is 2.30. The molecule has 3 aliphatic rings. The fourth-order valence-corrected chi connectivity index (χ4v) is 4.15. The van der Waals surface area contributed by atoms with Crippen LogP contribution >= 0.6 is 11.8 Å². The average molecular weight is 299 g/mol. The molecular weight excluding hydrogens is 274 g/mol. The smallest absolute Gasteiger partial charge is 0.240 e. The summed E-state index contributed by atoms with van der Waals surface area (Å²) >= 11 is 1.82. The standard InChI is InChI=1S/C14H25N3O2S/c18-14(13-10-20-11-15-13)17-5-3-16(4-6-17)9-12-1-7-19-8-2-12/h12-13,15H,1-11H2. The fourth-order valence-electron chi connectivity index (χ4n) is 3.22. The van der Waals surface area contributed by atoms with Crippen LogP contribution in [0.2, 0.25) is 0 Å². The molecule has 0 radical (unpaired) electrons. The Morgan fingerprint density at radius 1 is 1.20 bits per heavy atom. The molecule has 3 rings (SSSR count). The van der Waals surface area contributed by atoms with Gasteiger partial charge in [-0.25, -0.2) is 0 Å². The highest BCUT2D eigenvalue weighted by molar-refractivity contribution is 7.99. The number of nitrogens with zero attached hydrogens (tertiary/aromatic N) is 2. The summed E-state index contributed by atoms with van der Waals surface area (Å²) in [6.45, 7) is 6.88. The number of carbonyl (C=O) groups excluding carboxylic acids is 1. The number of ether oxygens (including phenoxy) is 1. The number of hydrogen-bond donors (Lipinski definition) is 1. The molecule has 1 unspecified atom stereocenters. The molecule has 1 N–H and O–H groups in total. The second-order valence-electron chi connectivity index (χ2n) is 5.95. The lowest BCUT2D eigenvalue weighted by Crippen LogP contribution is -2.54. The molecule has 0 saturated carbocycles. The molecule has 3 fully saturated rings. The van der Waals surface area contributed by atoms with E-state index in [9.17, 15) is 4.79 Å². The van der Waals surface area contributed by atoms with E-state index < -0.39 is 0 Å². The lowest BCUT2D eigenvalue weighted by molar-refractivity contribution is -0.134. The van der Waals surface area contributed by atoms with Gasteiger partial charge in [0.25, 0.3) is 0 Å². The summed E-state index contributed by atoms with van der Waals surface area (Å²) in [6.07, 6.45) is 2.39. The van der Waals surface area contributed by atoms with Crippen molar-refractivity contribution >= 4 is 17.7 Å². The molecule has 114 valence electrons. The van der Waals surface area contributed by atoms with Crippen LogP contribution in [0, 0.1) is 5.92 Å². The van der Waals surface area contributed by atoms with Gasteiger partial charge in [0.1, 0.15) is 0 Å². The molecule has 5 nitrogen and oxygen atoms in total. The zero-order valence-corrected chi connectivity index (χ0v) is 12.9. The van der Waals surface area contributed by atoms with Crippen LogP contribution in [-0.2, 0) is 9.53 Å². The van der Waals surface area contributed by atoms with Crippen molar-refractivity contribution in [3.05, 3.63) is 0 Å². The second kappa shape index (κ2) is 7.11. The van der Waals surface area contributed by atoms with Gasteiger partial charge in [-0.15, -0.1) is 11.8 Å². The van der Waals surface area contributed by atoms with Gasteiger partial charge in [0.2, 0.25) is 5.91 Å². The maximum Gasteiger partial charge on any atom is 0.240 e. The number of hydrogen-bond acceptors (Lipinski definition) is 5. The van der Waals surface area contributed by atoms with Crippen LogP contribution in [0.25, 0.3) is 0 Å². The molecule has 0 aromatic heterocycles. The fraction of sp³-hybridized carbons (Fsp3) is 0.929. The summed E-state index contributed by atoms with van der Waals surface area (Å²) in [5.74, 6) is 2.95. The van der Waals surface area contributed by atoms with Crippen LogP contribution in [0.5, 0.6) is 0 Å². The van der Waals surface area contributed by atoms with E-state index >= 15 is 0 Å². The minimum Gasteiger partial charge on any atom is -0.381 e. The maximum atomic E-state index is 12.3. The minimum atomic E-state index is 0.0574. The monoisotopic (exact) mass is 299 g/mol. The minimum absolute atomic E-state index is 0.0574. The highest BCUT2D eigenvalue weighted by Crippen LogP contribution is 2.18. The first-order chi connectivity index (χ1) is 9.83. The third kappa shape index (κ3) is 3.67. The van der Waals surface area contributed by atoms with Crippen molar-refractivity contribution in [2.75, 3.05) is 57.6 Å². The van der Waals surface area contributed by atoms with Gasteiger partial charge < -0.3 is 9.64 Å². The first kappa shape index (κ1) is 14.6. The molecule has 3 heterocycles. The van der Waals surface area contributed by atoms with Crippen molar-refractivity contribution in [1.29, 1.82) is 0 Å². The second-order valence-corrected chi connectivity index (χ2v) is 6.98. The van der Waals surface area contributed by atoms with Gasteiger partial charge in [-0.2, -0.15) is 0 Å². The summed E-state index contributed by atoms with van der Waals surface area (Å²) in [7, 11) is 0. The number of thioether (sulfide) groups is 1. The Morgan fingerprint density at radius 2 is 1.95 bits per heavy atom. The summed E-state index contributed by atoms with van der Waals surface area (Å²) in [5.41, 5.74) is 0. The molecular formula is C14H25N3O2S. The molecule has 0 aromatic carbocycles. The Balaban J connectivity index is 1.40. The van der Waals surface area contributed by atoms with Gasteiger partial charge in [0, 0.05) is 57.6 Å². The normalized spacial score (nSPS) is 29.8. The Labute approximate surface area is 125 Å². The third-order valence-corrected chi connectivity index (χ3v) is 5.50. The molecule has 0 bridgehead atoms. The van der Waals surface area contributed by atoms with Gasteiger partial charge >= 0.3 is 0 Å². The van der Waals surface area contributed by atoms with E-state index in [0.29, 0.717) is 5.91 Å². The number of nitrogens with one attached hydrogen (secondary N) is 1. The Bertz CT molecular complexity index is 322. The van der Waals surface area contributed by atoms with Gasteiger partial charge in [-0.1, -0.05) is 0 Å². The van der Waals surface area contributed by atoms with Crippen molar-refractivity contribution < 1.29 is 9.53 Å². The zero-order chi connectivity index (χ0) is 13.8. The lowest BCUT2D eigenvalue weighted by atomic mass is 9.99. The Kier molecular flexibility index (Phi) is 5.20. The molecule has 1 atom stereocenters. The molecule has 20 heavy (non-hydrogen) atoms. The molecule has 0 aromatic rings. The van der Waals surface area contributed by atoms with Crippen LogP contribution in [0.4, 0.5) is 0 Å². The molecule has 0 spiro atoms. The first-order valence-electron chi connectivity index (χ1n) is 7.73. The number of piperazine rings is 1. The summed E-state index contributed by atoms with van der Waals surface area (Å²) in [4.78, 5) is 16.9. The van der Waals surface area contributed by atoms with Crippen LogP contribution in [0.1, 0.15) is 12.8 Å². The van der Waals surface area contributed by atoms with Gasteiger partial charge in [0.05, 0.1) is 6.04 Å². The largest absolute Gasteiger partial charge is 0.381 e. The van der Waals surface area contributed by atoms with Gasteiger partial charge in [-0.05, 0) is 18.8 Å². The maximum absolute atomic E-state index is 12.3. The number of carbonyl (C=O) groups is 1. The van der Waals surface area contributed by atoms with Crippen molar-refractivity contribution in [2.24, 2.45) is 5.92 Å². The van der Waals surface area contributed by atoms with Crippen LogP contribution < -0.4 is 5.32 Å². The van der Waals surface area contributed by atoms with Gasteiger partial charge in [-0.3, -0.25) is 15.0 Å². The quantitative estimate of drug-likeness (QED) is 0.808. The predicted molar refractivity (Wildman–Crippen MR) is 80.8 cm³/mol. The van der Waals surface area contributed by atoms with Crippen molar-refractivity contribution in [3.63, 3.8) is 0 Å². The molecule has 3 saturated heterocycles. The first-order valence-corrected chi connectivity index (χ1v) is 8.88. The summed E-state index contributed by atoms with van der Waals surface area (Å²) in [6, 6.07) is 0.0574. The molecule has 1 amide bonds. The number of rotatable bonds is 3. The van der Waals surface area contributed by atoms with Crippen molar-refractivity contribution in [1.82, 2.24) is 15.1 Å². The molecule has 0 aliphatic carbocycles. The van der Waals surface area contributed by atoms with E-state index in [1.807, 2.05) is 16.7 Å². The van der Waals surface area contributed by atoms with E-state index in [0.717, 1.165) is 56.9 Å². The summed E-state index contributed by atoms with van der Waals surface area (Å²) < 4.78 is 5.41. The van der Waals surface area contributed by atoms with Gasteiger partial charge in [0.15, 0.2) is 0 Å². The van der Waals surface area contributed by atoms with Crippen LogP contribution in [0.15, 0.2) is 0 Å². The van der Waals surface area contributed by atoms with E-state index in [-0.39, 0.29) is 6.04 Å². The lowest BCUT2D eigenvalue weighted by Gasteiger charge is -2.38. The SMILES string of the molecule is O=C(C1CSCN1)N1CCN(CC2CCOCC2)CC1. The highest BCUT2D eigenvalue weighted by atomic mass is 32.2. The van der Waals surface area contributed by atoms with Crippen molar-refractivity contribution in [2.45, 2.75) is 18.9 Å². The van der Waals surface area contributed by atoms with E-state index in [1.54, 1.807) is 0 Å². The van der Waals surface area contributed by atoms with E-state index in [2.05, 4.69) is 10.2 Å². The predicted octanol–water partition coefficient (Wildman–Crippen LogP) is 0.220. The molecule has 3 aliphatic heterocycles. The Hall–Kier alpha value is -0.300. The van der Waals surface area contributed by atoms with E-state index in [4.69, 9.17) is 4.74 Å². The van der Waals surface area contributed by atoms with Crippen LogP contribution in [0.3, 0.4) is 0 Å². The number of amides is 1.